The minimum atomic E-state index is -1.97. The van der Waals surface area contributed by atoms with E-state index in [2.05, 4.69) is 0 Å². The summed E-state index contributed by atoms with van der Waals surface area (Å²) in [7, 11) is 4.95. The summed E-state index contributed by atoms with van der Waals surface area (Å²) in [6, 6.07) is -0.269. The summed E-state index contributed by atoms with van der Waals surface area (Å²) in [6.45, 7) is 19.8. The van der Waals surface area contributed by atoms with Gasteiger partial charge in [-0.1, -0.05) is 34.6 Å². The average Bonchev–Trinajstić information content (AvgIpc) is 3.12. The lowest BCUT2D eigenvalue weighted by Gasteiger charge is -2.50. The van der Waals surface area contributed by atoms with Crippen molar-refractivity contribution in [3.8, 4) is 0 Å². The SMILES string of the molecule is CC[C@H]1OC(=O)[C@H](C)[C@@H](O[C@H]2C[C@@](C)(OC)[C@@H](O)[C@H](C)O2)[C@H](C)[C@@H](O[C@@H]2O[C@H](C)C[C@H](N(C)CC)[C@H]2O)[C@](C)(OC)C[C@@H](C)C(=O)[C@H](C)[C@@H](O)[C@]1(C)O. The Morgan fingerprint density at radius 2 is 1.45 bits per heavy atom. The molecule has 310 valence electrons. The number of carbonyl (C=O) groups is 2. The largest absolute Gasteiger partial charge is 0.459 e. The highest BCUT2D eigenvalue weighted by Gasteiger charge is 2.54. The van der Waals surface area contributed by atoms with E-state index in [4.69, 9.17) is 33.2 Å². The minimum absolute atomic E-state index is 0.112. The second-order valence-electron chi connectivity index (χ2n) is 16.7. The molecule has 0 aliphatic carbocycles. The molecule has 18 atom stereocenters. The van der Waals surface area contributed by atoms with Crippen LogP contribution in [0.2, 0.25) is 0 Å². The highest BCUT2D eigenvalue weighted by molar-refractivity contribution is 5.83. The summed E-state index contributed by atoms with van der Waals surface area (Å²) in [5.41, 5.74) is -4.25. The van der Waals surface area contributed by atoms with Crippen LogP contribution in [0.25, 0.3) is 0 Å². The lowest BCUT2D eigenvalue weighted by atomic mass is 9.74. The van der Waals surface area contributed by atoms with Crippen molar-refractivity contribution in [3.05, 3.63) is 0 Å². The van der Waals surface area contributed by atoms with E-state index in [9.17, 15) is 30.0 Å². The molecule has 0 amide bonds. The first kappa shape index (κ1) is 46.1. The van der Waals surface area contributed by atoms with E-state index < -0.39 is 102 Å². The molecule has 0 radical (unpaired) electrons. The Labute approximate surface area is 317 Å². The third-order valence-corrected chi connectivity index (χ3v) is 12.7. The molecular formula is C39H71NO13. The fourth-order valence-corrected chi connectivity index (χ4v) is 8.74. The lowest BCUT2D eigenvalue weighted by molar-refractivity contribution is -0.319. The van der Waals surface area contributed by atoms with E-state index in [-0.39, 0.29) is 37.2 Å². The fraction of sp³-hybridized carbons (Fsp3) is 0.949. The Balaban J connectivity index is 2.22. The van der Waals surface area contributed by atoms with E-state index in [0.29, 0.717) is 13.0 Å². The molecule has 0 aromatic rings. The van der Waals surface area contributed by atoms with E-state index in [1.807, 2.05) is 32.7 Å². The van der Waals surface area contributed by atoms with Crippen molar-refractivity contribution < 1.29 is 63.2 Å². The van der Waals surface area contributed by atoms with Gasteiger partial charge in [-0.2, -0.15) is 0 Å². The van der Waals surface area contributed by atoms with Crippen LogP contribution in [0.3, 0.4) is 0 Å². The number of Topliss-reactive ketones (excluding diaryl/α,β-unsaturated/α-hetero) is 1. The van der Waals surface area contributed by atoms with Crippen molar-refractivity contribution in [1.82, 2.24) is 4.90 Å². The number of cyclic esters (lactones) is 1. The first-order valence-electron chi connectivity index (χ1n) is 19.5. The molecule has 14 heteroatoms. The molecule has 0 aromatic carbocycles. The standard InChI is InChI=1S/C39H71NO13/c1-15-27-39(11,46)32(43)22(5)29(41)20(3)18-38(10,48-14)34(53-36-30(42)26(40(12)16-2)17-21(4)49-36)23(6)31(24(7)35(45)51-27)52-28-19-37(9,47-13)33(44)25(8)50-28/h20-28,30-34,36,42-44,46H,15-19H2,1-14H3/t20-,21-,22+,23+,24-,25+,26+,27-,28+,30-,31+,32-,33+,34-,36+,37-,38-,39-/m1/s1. The van der Waals surface area contributed by atoms with Crippen LogP contribution in [0.4, 0.5) is 0 Å². The molecule has 3 fully saturated rings. The van der Waals surface area contributed by atoms with E-state index in [1.165, 1.54) is 21.1 Å². The number of ether oxygens (including phenoxy) is 7. The second kappa shape index (κ2) is 18.3. The van der Waals surface area contributed by atoms with Gasteiger partial charge in [-0.25, -0.2) is 0 Å². The third kappa shape index (κ3) is 9.81. The summed E-state index contributed by atoms with van der Waals surface area (Å²) < 4.78 is 44.0. The summed E-state index contributed by atoms with van der Waals surface area (Å²) in [5, 5.41) is 45.7. The number of esters is 1. The number of methoxy groups -OCH3 is 2. The maximum absolute atomic E-state index is 14.2. The number of hydrogen-bond acceptors (Lipinski definition) is 14. The van der Waals surface area contributed by atoms with Gasteiger partial charge in [0, 0.05) is 44.4 Å². The van der Waals surface area contributed by atoms with Gasteiger partial charge in [0.15, 0.2) is 12.6 Å². The van der Waals surface area contributed by atoms with Crippen molar-refractivity contribution in [1.29, 1.82) is 0 Å². The molecule has 3 aliphatic heterocycles. The Morgan fingerprint density at radius 3 is 2.00 bits per heavy atom. The Morgan fingerprint density at radius 1 is 0.849 bits per heavy atom. The van der Waals surface area contributed by atoms with Crippen molar-refractivity contribution in [2.45, 2.75) is 186 Å². The molecule has 53 heavy (non-hydrogen) atoms. The van der Waals surface area contributed by atoms with Gasteiger partial charge in [-0.05, 0) is 74.4 Å². The second-order valence-corrected chi connectivity index (χ2v) is 16.7. The molecule has 0 unspecified atom stereocenters. The molecule has 3 heterocycles. The average molecular weight is 762 g/mol. The predicted octanol–water partition coefficient (Wildman–Crippen LogP) is 2.83. The van der Waals surface area contributed by atoms with Crippen LogP contribution in [-0.4, -0.2) is 149 Å². The Bertz CT molecular complexity index is 1210. The zero-order chi connectivity index (χ0) is 40.4. The van der Waals surface area contributed by atoms with Gasteiger partial charge in [0.2, 0.25) is 0 Å². The molecule has 0 spiro atoms. The molecule has 3 aliphatic rings. The Hall–Kier alpha value is -1.30. The maximum Gasteiger partial charge on any atom is 0.311 e. The number of hydrogen-bond donors (Lipinski definition) is 4. The van der Waals surface area contributed by atoms with Crippen LogP contribution in [0.5, 0.6) is 0 Å². The number of carbonyl (C=O) groups excluding carboxylic acids is 2. The van der Waals surface area contributed by atoms with Gasteiger partial charge < -0.3 is 58.5 Å². The lowest BCUT2D eigenvalue weighted by Crippen LogP contribution is -2.61. The molecule has 4 N–H and O–H groups in total. The fourth-order valence-electron chi connectivity index (χ4n) is 8.74. The molecule has 0 saturated carbocycles. The number of likely N-dealkylation sites (N-methyl/N-ethyl adjacent to an activating group) is 1. The van der Waals surface area contributed by atoms with Crippen molar-refractivity contribution in [2.75, 3.05) is 27.8 Å². The smallest absolute Gasteiger partial charge is 0.311 e. The minimum Gasteiger partial charge on any atom is -0.459 e. The van der Waals surface area contributed by atoms with Crippen LogP contribution in [0.1, 0.15) is 102 Å². The van der Waals surface area contributed by atoms with Crippen molar-refractivity contribution >= 4 is 11.8 Å². The van der Waals surface area contributed by atoms with Crippen LogP contribution in [0.15, 0.2) is 0 Å². The summed E-state index contributed by atoms with van der Waals surface area (Å²) >= 11 is 0. The highest BCUT2D eigenvalue weighted by Crippen LogP contribution is 2.42. The number of aliphatic hydroxyl groups excluding tert-OH is 3. The zero-order valence-corrected chi connectivity index (χ0v) is 34.6. The highest BCUT2D eigenvalue weighted by atomic mass is 16.7. The van der Waals surface area contributed by atoms with Crippen LogP contribution in [-0.2, 0) is 42.7 Å². The molecule has 0 bridgehead atoms. The molecule has 3 saturated heterocycles. The van der Waals surface area contributed by atoms with Gasteiger partial charge in [-0.3, -0.25) is 9.59 Å². The molecule has 0 aromatic heterocycles. The first-order valence-corrected chi connectivity index (χ1v) is 19.5. The maximum atomic E-state index is 14.2. The summed E-state index contributed by atoms with van der Waals surface area (Å²) in [5.74, 6) is -4.47. The predicted molar refractivity (Wildman–Crippen MR) is 196 cm³/mol. The van der Waals surface area contributed by atoms with Gasteiger partial charge in [-0.15, -0.1) is 0 Å². The number of rotatable bonds is 9. The molecular weight excluding hydrogens is 690 g/mol. The van der Waals surface area contributed by atoms with Gasteiger partial charge in [0.25, 0.3) is 0 Å². The normalized spacial score (nSPS) is 48.3. The van der Waals surface area contributed by atoms with Gasteiger partial charge in [0.05, 0.1) is 47.6 Å². The van der Waals surface area contributed by atoms with Crippen LogP contribution >= 0.6 is 0 Å². The first-order chi connectivity index (χ1) is 24.5. The third-order valence-electron chi connectivity index (χ3n) is 12.7. The number of ketones is 1. The van der Waals surface area contributed by atoms with Gasteiger partial charge >= 0.3 is 5.97 Å². The van der Waals surface area contributed by atoms with E-state index in [0.717, 1.165) is 0 Å². The summed E-state index contributed by atoms with van der Waals surface area (Å²) in [6.07, 6.45) is -8.71. The van der Waals surface area contributed by atoms with Crippen molar-refractivity contribution in [2.24, 2.45) is 23.7 Å². The van der Waals surface area contributed by atoms with Crippen molar-refractivity contribution in [3.63, 3.8) is 0 Å². The number of nitrogens with zero attached hydrogens (tertiary/aromatic N) is 1. The van der Waals surface area contributed by atoms with Gasteiger partial charge in [0.1, 0.15) is 29.7 Å². The van der Waals surface area contributed by atoms with E-state index in [1.54, 1.807) is 48.5 Å². The monoisotopic (exact) mass is 761 g/mol. The number of aliphatic hydroxyl groups is 4. The zero-order valence-electron chi connectivity index (χ0n) is 34.6. The Kier molecular flexibility index (Phi) is 15.9. The van der Waals surface area contributed by atoms with Crippen LogP contribution in [0, 0.1) is 23.7 Å². The quantitative estimate of drug-likeness (QED) is 0.252. The molecule has 14 nitrogen and oxygen atoms in total. The summed E-state index contributed by atoms with van der Waals surface area (Å²) in [4.78, 5) is 30.3. The molecule has 3 rings (SSSR count). The van der Waals surface area contributed by atoms with Crippen LogP contribution < -0.4 is 0 Å². The topological polar surface area (TPSA) is 183 Å². The van der Waals surface area contributed by atoms with E-state index >= 15 is 0 Å².